The second-order valence-corrected chi connectivity index (χ2v) is 11.3. The third kappa shape index (κ3) is 4.41. The van der Waals surface area contributed by atoms with Gasteiger partial charge in [0.05, 0.1) is 0 Å². The lowest BCUT2D eigenvalue weighted by Crippen LogP contribution is -2.51. The standard InChI is InChI=1S/C37H35B/c1-24-16-27(4)37(28(5)17-24)38-35-18-25(2)31(20-29-12-8-6-9-13-29)22-33(35)34-23-32(26(3)19-36(34)38)21-30-14-10-7-11-15-30/h6-19,22-23H,20-21H2,1-5H3. The molecule has 5 aromatic rings. The van der Waals surface area contributed by atoms with Crippen LogP contribution < -0.4 is 16.4 Å². The van der Waals surface area contributed by atoms with E-state index in [-0.39, 0.29) is 6.71 Å². The minimum Gasteiger partial charge on any atom is -0.0631 e. The Hall–Kier alpha value is -3.84. The first-order valence-electron chi connectivity index (χ1n) is 13.8. The van der Waals surface area contributed by atoms with Crippen LogP contribution in [-0.2, 0) is 12.8 Å². The van der Waals surface area contributed by atoms with Gasteiger partial charge in [0.25, 0.3) is 0 Å². The Kier molecular flexibility index (Phi) is 6.32. The molecule has 0 atom stereocenters. The van der Waals surface area contributed by atoms with Crippen molar-refractivity contribution in [2.75, 3.05) is 0 Å². The summed E-state index contributed by atoms with van der Waals surface area (Å²) in [5.41, 5.74) is 19.7. The van der Waals surface area contributed by atoms with Gasteiger partial charge in [-0.15, -0.1) is 0 Å². The molecule has 0 bridgehead atoms. The van der Waals surface area contributed by atoms with Gasteiger partial charge in [-0.05, 0) is 92.0 Å². The molecule has 38 heavy (non-hydrogen) atoms. The van der Waals surface area contributed by atoms with Crippen LogP contribution in [0.3, 0.4) is 0 Å². The molecule has 0 radical (unpaired) electrons. The summed E-state index contributed by atoms with van der Waals surface area (Å²) in [4.78, 5) is 0. The Bertz CT molecular complexity index is 1520. The minimum absolute atomic E-state index is 0.273. The van der Waals surface area contributed by atoms with Crippen LogP contribution >= 0.6 is 0 Å². The first-order chi connectivity index (χ1) is 18.4. The highest BCUT2D eigenvalue weighted by molar-refractivity contribution is 6.99. The van der Waals surface area contributed by atoms with Gasteiger partial charge in [0.2, 0.25) is 6.71 Å². The van der Waals surface area contributed by atoms with Gasteiger partial charge in [0.15, 0.2) is 0 Å². The van der Waals surface area contributed by atoms with Crippen LogP contribution in [-0.4, -0.2) is 6.71 Å². The van der Waals surface area contributed by atoms with E-state index in [0.717, 1.165) is 12.8 Å². The molecule has 0 nitrogen and oxygen atoms in total. The lowest BCUT2D eigenvalue weighted by Gasteiger charge is -2.19. The Morgan fingerprint density at radius 2 is 0.895 bits per heavy atom. The molecule has 0 aromatic heterocycles. The number of hydrogen-bond acceptors (Lipinski definition) is 0. The number of aryl methyl sites for hydroxylation is 5. The molecule has 0 unspecified atom stereocenters. The van der Waals surface area contributed by atoms with Crippen molar-refractivity contribution in [1.82, 2.24) is 0 Å². The molecule has 1 heteroatoms. The molecule has 1 heterocycles. The second kappa shape index (κ2) is 9.80. The van der Waals surface area contributed by atoms with Crippen LogP contribution in [0.25, 0.3) is 11.1 Å². The van der Waals surface area contributed by atoms with E-state index in [1.54, 1.807) is 0 Å². The van der Waals surface area contributed by atoms with Gasteiger partial charge in [-0.25, -0.2) is 0 Å². The zero-order chi connectivity index (χ0) is 26.4. The normalized spacial score (nSPS) is 12.0. The van der Waals surface area contributed by atoms with Gasteiger partial charge < -0.3 is 0 Å². The first-order valence-corrected chi connectivity index (χ1v) is 13.8. The zero-order valence-corrected chi connectivity index (χ0v) is 23.2. The van der Waals surface area contributed by atoms with E-state index in [4.69, 9.17) is 0 Å². The van der Waals surface area contributed by atoms with E-state index in [1.807, 2.05) is 0 Å². The molecule has 6 rings (SSSR count). The van der Waals surface area contributed by atoms with Crippen LogP contribution in [0.2, 0.25) is 0 Å². The fourth-order valence-corrected chi connectivity index (χ4v) is 6.63. The van der Waals surface area contributed by atoms with Crippen LogP contribution in [0.4, 0.5) is 0 Å². The van der Waals surface area contributed by atoms with E-state index in [1.165, 1.54) is 77.6 Å². The number of rotatable bonds is 5. The Balaban J connectivity index is 1.55. The van der Waals surface area contributed by atoms with Crippen molar-refractivity contribution in [1.29, 1.82) is 0 Å². The fraction of sp³-hybridized carbons (Fsp3) is 0.189. The van der Waals surface area contributed by atoms with Crippen molar-refractivity contribution in [3.8, 4) is 11.1 Å². The van der Waals surface area contributed by atoms with E-state index < -0.39 is 0 Å². The van der Waals surface area contributed by atoms with Crippen molar-refractivity contribution in [3.05, 3.63) is 147 Å². The van der Waals surface area contributed by atoms with Crippen molar-refractivity contribution >= 4 is 23.1 Å². The predicted molar refractivity (Wildman–Crippen MR) is 165 cm³/mol. The van der Waals surface area contributed by atoms with Crippen molar-refractivity contribution in [3.63, 3.8) is 0 Å². The molecule has 0 saturated carbocycles. The van der Waals surface area contributed by atoms with Gasteiger partial charge in [0.1, 0.15) is 0 Å². The van der Waals surface area contributed by atoms with Crippen molar-refractivity contribution < 1.29 is 0 Å². The molecule has 0 aliphatic carbocycles. The maximum Gasteiger partial charge on any atom is 0.243 e. The third-order valence-electron chi connectivity index (χ3n) is 8.43. The van der Waals surface area contributed by atoms with Gasteiger partial charge in [-0.1, -0.05) is 130 Å². The predicted octanol–water partition coefficient (Wildman–Crippen LogP) is 6.91. The average Bonchev–Trinajstić information content (AvgIpc) is 3.17. The molecular formula is C37H35B. The highest BCUT2D eigenvalue weighted by Crippen LogP contribution is 2.30. The summed E-state index contributed by atoms with van der Waals surface area (Å²) in [5, 5.41) is 0. The second-order valence-electron chi connectivity index (χ2n) is 11.3. The average molecular weight is 490 g/mol. The molecule has 0 fully saturated rings. The molecule has 186 valence electrons. The van der Waals surface area contributed by atoms with E-state index in [2.05, 4.69) is 132 Å². The Morgan fingerprint density at radius 1 is 0.474 bits per heavy atom. The highest BCUT2D eigenvalue weighted by atomic mass is 14.2. The van der Waals surface area contributed by atoms with Gasteiger partial charge in [-0.3, -0.25) is 0 Å². The fourth-order valence-electron chi connectivity index (χ4n) is 6.63. The monoisotopic (exact) mass is 490 g/mol. The van der Waals surface area contributed by atoms with E-state index in [9.17, 15) is 0 Å². The van der Waals surface area contributed by atoms with Gasteiger partial charge in [0, 0.05) is 0 Å². The molecule has 0 saturated heterocycles. The van der Waals surface area contributed by atoms with Gasteiger partial charge in [-0.2, -0.15) is 0 Å². The van der Waals surface area contributed by atoms with Crippen molar-refractivity contribution in [2.45, 2.75) is 47.5 Å². The molecule has 0 N–H and O–H groups in total. The van der Waals surface area contributed by atoms with Crippen LogP contribution in [0, 0.1) is 34.6 Å². The summed E-state index contributed by atoms with van der Waals surface area (Å²) in [6.07, 6.45) is 1.93. The topological polar surface area (TPSA) is 0 Å². The number of fused-ring (bicyclic) bond motifs is 3. The summed E-state index contributed by atoms with van der Waals surface area (Å²) in [6.45, 7) is 11.6. The quantitative estimate of drug-likeness (QED) is 0.231. The third-order valence-corrected chi connectivity index (χ3v) is 8.43. The number of benzene rings is 5. The summed E-state index contributed by atoms with van der Waals surface area (Å²) in [7, 11) is 0. The summed E-state index contributed by atoms with van der Waals surface area (Å²) < 4.78 is 0. The van der Waals surface area contributed by atoms with Crippen LogP contribution in [0.5, 0.6) is 0 Å². The molecule has 1 aliphatic heterocycles. The minimum atomic E-state index is 0.273. The molecule has 1 aliphatic rings. The largest absolute Gasteiger partial charge is 0.243 e. The lowest BCUT2D eigenvalue weighted by atomic mass is 9.37. The van der Waals surface area contributed by atoms with Crippen molar-refractivity contribution in [2.24, 2.45) is 0 Å². The maximum absolute atomic E-state index is 2.50. The lowest BCUT2D eigenvalue weighted by molar-refractivity contribution is 1.15. The molecular weight excluding hydrogens is 455 g/mol. The number of hydrogen-bond donors (Lipinski definition) is 0. The zero-order valence-electron chi connectivity index (χ0n) is 23.2. The summed E-state index contributed by atoms with van der Waals surface area (Å²) in [5.74, 6) is 0. The summed E-state index contributed by atoms with van der Waals surface area (Å²) in [6, 6.07) is 36.4. The van der Waals surface area contributed by atoms with E-state index in [0.29, 0.717) is 0 Å². The summed E-state index contributed by atoms with van der Waals surface area (Å²) >= 11 is 0. The first kappa shape index (κ1) is 24.5. The van der Waals surface area contributed by atoms with E-state index >= 15 is 0 Å². The van der Waals surface area contributed by atoms with Crippen LogP contribution in [0.15, 0.2) is 97.1 Å². The van der Waals surface area contributed by atoms with Crippen LogP contribution in [0.1, 0.15) is 50.1 Å². The Labute approximate surface area is 228 Å². The maximum atomic E-state index is 2.50. The smallest absolute Gasteiger partial charge is 0.0631 e. The molecule has 0 amide bonds. The molecule has 0 spiro atoms. The highest BCUT2D eigenvalue weighted by Gasteiger charge is 2.36. The Morgan fingerprint density at radius 3 is 1.32 bits per heavy atom. The SMILES string of the molecule is Cc1cc(C)c(B2c3cc(C)c(Cc4ccccc4)cc3-c3cc(Cc4ccccc4)c(C)cc32)c(C)c1. The molecule has 5 aromatic carbocycles. The van der Waals surface area contributed by atoms with Gasteiger partial charge >= 0.3 is 0 Å².